The number of aryl methyl sites for hydroxylation is 1. The summed E-state index contributed by atoms with van der Waals surface area (Å²) in [5.74, 6) is 2.58. The van der Waals surface area contributed by atoms with Crippen LogP contribution in [0.25, 0.3) is 0 Å². The third-order valence-electron chi connectivity index (χ3n) is 3.05. The fourth-order valence-electron chi connectivity index (χ4n) is 1.95. The summed E-state index contributed by atoms with van der Waals surface area (Å²) < 4.78 is 10.5. The molecule has 0 aliphatic carbocycles. The third kappa shape index (κ3) is 3.75. The number of hydrogen-bond acceptors (Lipinski definition) is 5. The second kappa shape index (κ2) is 6.78. The first kappa shape index (κ1) is 14.9. The fourth-order valence-corrected chi connectivity index (χ4v) is 1.95. The zero-order valence-corrected chi connectivity index (χ0v) is 12.4. The number of benzene rings is 1. The molecule has 2 rings (SSSR count). The monoisotopic (exact) mass is 289 g/mol. The quantitative estimate of drug-likeness (QED) is 0.850. The first-order chi connectivity index (χ1) is 10.2. The van der Waals surface area contributed by atoms with E-state index < -0.39 is 0 Å². The van der Waals surface area contributed by atoms with Crippen LogP contribution in [0.3, 0.4) is 0 Å². The topological polar surface area (TPSA) is 76.2 Å². The SMILES string of the molecule is CCc1nc(NCc2ccc(OC)c(OC)c2)cc(=O)[nH]1. The molecular formula is C15H19N3O3. The highest BCUT2D eigenvalue weighted by atomic mass is 16.5. The number of ether oxygens (including phenoxy) is 2. The van der Waals surface area contributed by atoms with E-state index in [4.69, 9.17) is 9.47 Å². The lowest BCUT2D eigenvalue weighted by Crippen LogP contribution is -2.13. The number of nitrogens with zero attached hydrogens (tertiary/aromatic N) is 1. The zero-order valence-electron chi connectivity index (χ0n) is 12.4. The molecule has 0 saturated heterocycles. The Bertz CT molecular complexity index is 667. The van der Waals surface area contributed by atoms with Crippen molar-refractivity contribution in [2.75, 3.05) is 19.5 Å². The van der Waals surface area contributed by atoms with Crippen LogP contribution in [0.1, 0.15) is 18.3 Å². The predicted octanol–water partition coefficient (Wildman–Crippen LogP) is 1.96. The summed E-state index contributed by atoms with van der Waals surface area (Å²) in [5.41, 5.74) is 0.851. The Hall–Kier alpha value is -2.50. The second-order valence-electron chi connectivity index (χ2n) is 4.47. The number of hydrogen-bond donors (Lipinski definition) is 2. The molecule has 0 saturated carbocycles. The Morgan fingerprint density at radius 1 is 1.19 bits per heavy atom. The van der Waals surface area contributed by atoms with E-state index in [0.29, 0.717) is 36.1 Å². The molecule has 0 unspecified atom stereocenters. The van der Waals surface area contributed by atoms with Gasteiger partial charge in [0.15, 0.2) is 11.5 Å². The maximum absolute atomic E-state index is 11.5. The van der Waals surface area contributed by atoms with E-state index in [0.717, 1.165) is 5.56 Å². The van der Waals surface area contributed by atoms with E-state index >= 15 is 0 Å². The van der Waals surface area contributed by atoms with Crippen LogP contribution in [-0.4, -0.2) is 24.2 Å². The van der Waals surface area contributed by atoms with Gasteiger partial charge in [-0.3, -0.25) is 4.79 Å². The molecule has 0 aliphatic rings. The lowest BCUT2D eigenvalue weighted by Gasteiger charge is -2.11. The molecule has 6 heteroatoms. The maximum atomic E-state index is 11.5. The van der Waals surface area contributed by atoms with Crippen molar-refractivity contribution in [1.82, 2.24) is 9.97 Å². The van der Waals surface area contributed by atoms with Gasteiger partial charge in [0.2, 0.25) is 0 Å². The van der Waals surface area contributed by atoms with Crippen LogP contribution in [0, 0.1) is 0 Å². The minimum atomic E-state index is -0.156. The van der Waals surface area contributed by atoms with Crippen molar-refractivity contribution in [2.45, 2.75) is 19.9 Å². The fraction of sp³-hybridized carbons (Fsp3) is 0.333. The zero-order chi connectivity index (χ0) is 15.2. The summed E-state index contributed by atoms with van der Waals surface area (Å²) >= 11 is 0. The van der Waals surface area contributed by atoms with Crippen molar-refractivity contribution >= 4 is 5.82 Å². The van der Waals surface area contributed by atoms with Gasteiger partial charge in [-0.1, -0.05) is 13.0 Å². The molecule has 2 N–H and O–H groups in total. The van der Waals surface area contributed by atoms with Crippen LogP contribution in [0.2, 0.25) is 0 Å². The molecule has 0 amide bonds. The molecule has 0 radical (unpaired) electrons. The third-order valence-corrected chi connectivity index (χ3v) is 3.05. The van der Waals surface area contributed by atoms with Crippen molar-refractivity contribution in [3.8, 4) is 11.5 Å². The van der Waals surface area contributed by atoms with E-state index in [2.05, 4.69) is 15.3 Å². The van der Waals surface area contributed by atoms with Crippen LogP contribution >= 0.6 is 0 Å². The molecular weight excluding hydrogens is 270 g/mol. The Kier molecular flexibility index (Phi) is 4.81. The number of H-pyrrole nitrogens is 1. The highest BCUT2D eigenvalue weighted by Gasteiger charge is 2.05. The maximum Gasteiger partial charge on any atom is 0.252 e. The lowest BCUT2D eigenvalue weighted by molar-refractivity contribution is 0.354. The average molecular weight is 289 g/mol. The largest absolute Gasteiger partial charge is 0.493 e. The van der Waals surface area contributed by atoms with E-state index in [1.807, 2.05) is 25.1 Å². The lowest BCUT2D eigenvalue weighted by atomic mass is 10.2. The number of anilines is 1. The first-order valence-electron chi connectivity index (χ1n) is 6.71. The van der Waals surface area contributed by atoms with Gasteiger partial charge in [0.1, 0.15) is 11.6 Å². The van der Waals surface area contributed by atoms with E-state index in [1.54, 1.807) is 14.2 Å². The van der Waals surface area contributed by atoms with Crippen molar-refractivity contribution < 1.29 is 9.47 Å². The number of aromatic amines is 1. The minimum Gasteiger partial charge on any atom is -0.493 e. The highest BCUT2D eigenvalue weighted by molar-refractivity contribution is 5.44. The van der Waals surface area contributed by atoms with Crippen molar-refractivity contribution in [2.24, 2.45) is 0 Å². The highest BCUT2D eigenvalue weighted by Crippen LogP contribution is 2.27. The number of methoxy groups -OCH3 is 2. The van der Waals surface area contributed by atoms with Crippen LogP contribution in [0.5, 0.6) is 11.5 Å². The van der Waals surface area contributed by atoms with Crippen LogP contribution in [-0.2, 0) is 13.0 Å². The number of aromatic nitrogens is 2. The summed E-state index contributed by atoms with van der Waals surface area (Å²) in [6, 6.07) is 7.11. The molecule has 2 aromatic rings. The van der Waals surface area contributed by atoms with Crippen LogP contribution < -0.4 is 20.3 Å². The molecule has 0 atom stereocenters. The van der Waals surface area contributed by atoms with E-state index in [9.17, 15) is 4.79 Å². The Morgan fingerprint density at radius 3 is 2.62 bits per heavy atom. The molecule has 6 nitrogen and oxygen atoms in total. The number of rotatable bonds is 6. The van der Waals surface area contributed by atoms with E-state index in [-0.39, 0.29) is 5.56 Å². The Balaban J connectivity index is 2.13. The predicted molar refractivity (Wildman–Crippen MR) is 81.1 cm³/mol. The van der Waals surface area contributed by atoms with Gasteiger partial charge in [-0.25, -0.2) is 4.98 Å². The molecule has 1 aromatic carbocycles. The molecule has 0 spiro atoms. The summed E-state index contributed by atoms with van der Waals surface area (Å²) in [6.45, 7) is 2.48. The minimum absolute atomic E-state index is 0.156. The van der Waals surface area contributed by atoms with Gasteiger partial charge in [-0.2, -0.15) is 0 Å². The molecule has 21 heavy (non-hydrogen) atoms. The summed E-state index contributed by atoms with van der Waals surface area (Å²) in [7, 11) is 3.20. The van der Waals surface area contributed by atoms with Crippen molar-refractivity contribution in [3.05, 3.63) is 46.0 Å². The number of nitrogens with one attached hydrogen (secondary N) is 2. The van der Waals surface area contributed by atoms with E-state index in [1.165, 1.54) is 6.07 Å². The van der Waals surface area contributed by atoms with Gasteiger partial charge >= 0.3 is 0 Å². The molecule has 1 aromatic heterocycles. The standard InChI is InChI=1S/C15H19N3O3/c1-4-13-17-14(8-15(19)18-13)16-9-10-5-6-11(20-2)12(7-10)21-3/h5-8H,4,9H2,1-3H3,(H2,16,17,18,19). The van der Waals surface area contributed by atoms with Crippen molar-refractivity contribution in [3.63, 3.8) is 0 Å². The van der Waals surface area contributed by atoms with Crippen molar-refractivity contribution in [1.29, 1.82) is 0 Å². The smallest absolute Gasteiger partial charge is 0.252 e. The normalized spacial score (nSPS) is 10.2. The summed E-state index contributed by atoms with van der Waals surface area (Å²) in [6.07, 6.45) is 0.682. The van der Waals surface area contributed by atoms with Crippen LogP contribution in [0.15, 0.2) is 29.1 Å². The Labute approximate surface area is 123 Å². The van der Waals surface area contributed by atoms with Gasteiger partial charge in [0.05, 0.1) is 14.2 Å². The molecule has 1 heterocycles. The first-order valence-corrected chi connectivity index (χ1v) is 6.71. The molecule has 0 aliphatic heterocycles. The summed E-state index contributed by atoms with van der Waals surface area (Å²) in [5, 5.41) is 3.14. The Morgan fingerprint density at radius 2 is 1.95 bits per heavy atom. The molecule has 112 valence electrons. The van der Waals surface area contributed by atoms with Gasteiger partial charge in [-0.15, -0.1) is 0 Å². The van der Waals surface area contributed by atoms with Gasteiger partial charge in [0.25, 0.3) is 5.56 Å². The van der Waals surface area contributed by atoms with Gasteiger partial charge in [0, 0.05) is 19.0 Å². The van der Waals surface area contributed by atoms with Gasteiger partial charge < -0.3 is 19.8 Å². The van der Waals surface area contributed by atoms with Gasteiger partial charge in [-0.05, 0) is 17.7 Å². The second-order valence-corrected chi connectivity index (χ2v) is 4.47. The summed E-state index contributed by atoms with van der Waals surface area (Å²) in [4.78, 5) is 18.5. The molecule has 0 bridgehead atoms. The van der Waals surface area contributed by atoms with Crippen LogP contribution in [0.4, 0.5) is 5.82 Å². The average Bonchev–Trinajstić information content (AvgIpc) is 2.52. The molecule has 0 fully saturated rings.